The Morgan fingerprint density at radius 1 is 1.03 bits per heavy atom. The number of aromatic nitrogens is 2. The number of ether oxygens (including phenoxy) is 1. The van der Waals surface area contributed by atoms with Gasteiger partial charge < -0.3 is 9.30 Å². The minimum absolute atomic E-state index is 0.0166. The van der Waals surface area contributed by atoms with Crippen molar-refractivity contribution in [2.24, 2.45) is 0 Å². The number of imidazole rings is 1. The molecule has 5 nitrogen and oxygen atoms in total. The van der Waals surface area contributed by atoms with Crippen LogP contribution in [0.1, 0.15) is 44.1 Å². The molecule has 0 aliphatic rings. The summed E-state index contributed by atoms with van der Waals surface area (Å²) in [5.74, 6) is 0.974. The maximum Gasteiger partial charge on any atom is 0.248 e. The molecule has 0 aliphatic heterocycles. The van der Waals surface area contributed by atoms with E-state index >= 15 is 0 Å². The van der Waals surface area contributed by atoms with Crippen molar-refractivity contribution in [3.05, 3.63) is 59.4 Å². The Bertz CT molecular complexity index is 955. The van der Waals surface area contributed by atoms with Crippen molar-refractivity contribution in [3.63, 3.8) is 0 Å². The van der Waals surface area contributed by atoms with Gasteiger partial charge in [0.05, 0.1) is 16.7 Å². The number of methoxy groups -OCH3 is 1. The summed E-state index contributed by atoms with van der Waals surface area (Å²) < 4.78 is 7.50. The molecule has 0 saturated heterocycles. The summed E-state index contributed by atoms with van der Waals surface area (Å²) in [6, 6.07) is 14.3. The van der Waals surface area contributed by atoms with E-state index in [1.807, 2.05) is 24.3 Å². The van der Waals surface area contributed by atoms with Crippen molar-refractivity contribution in [3.8, 4) is 0 Å². The van der Waals surface area contributed by atoms with Gasteiger partial charge in [0.2, 0.25) is 5.91 Å². The lowest BCUT2D eigenvalue weighted by molar-refractivity contribution is -0.120. The molecular formula is C24H31N3O2. The number of fused-ring (bicyclic) bond motifs is 1. The lowest BCUT2D eigenvalue weighted by atomic mass is 10.0. The summed E-state index contributed by atoms with van der Waals surface area (Å²) in [5, 5.41) is 0. The molecule has 29 heavy (non-hydrogen) atoms. The van der Waals surface area contributed by atoms with Crippen LogP contribution < -0.4 is 4.90 Å². The SMILES string of the molecule is CCCc1nc2ccccc2n1CC(=O)N(COC)c1c(CC)cccc1CC. The van der Waals surface area contributed by atoms with Crippen LogP contribution in [0.4, 0.5) is 5.69 Å². The van der Waals surface area contributed by atoms with Crippen LogP contribution in [0.25, 0.3) is 11.0 Å². The second-order valence-electron chi connectivity index (χ2n) is 7.22. The highest BCUT2D eigenvalue weighted by atomic mass is 16.5. The number of rotatable bonds is 9. The van der Waals surface area contributed by atoms with Crippen LogP contribution in [0.3, 0.4) is 0 Å². The Morgan fingerprint density at radius 3 is 2.34 bits per heavy atom. The lowest BCUT2D eigenvalue weighted by Crippen LogP contribution is -2.37. The van der Waals surface area contributed by atoms with Crippen molar-refractivity contribution in [2.45, 2.75) is 53.0 Å². The van der Waals surface area contributed by atoms with E-state index in [1.54, 1.807) is 12.0 Å². The number of carbonyl (C=O) groups is 1. The molecule has 3 aromatic rings. The Labute approximate surface area is 173 Å². The average molecular weight is 394 g/mol. The van der Waals surface area contributed by atoms with E-state index in [2.05, 4.69) is 43.5 Å². The van der Waals surface area contributed by atoms with Crippen LogP contribution >= 0.6 is 0 Å². The van der Waals surface area contributed by atoms with Crippen LogP contribution in [-0.4, -0.2) is 29.3 Å². The predicted octanol–water partition coefficient (Wildman–Crippen LogP) is 4.75. The highest BCUT2D eigenvalue weighted by molar-refractivity contribution is 5.95. The van der Waals surface area contributed by atoms with E-state index in [1.165, 1.54) is 11.1 Å². The third-order valence-corrected chi connectivity index (χ3v) is 5.29. The van der Waals surface area contributed by atoms with Crippen molar-refractivity contribution in [2.75, 3.05) is 18.7 Å². The molecule has 0 N–H and O–H groups in total. The van der Waals surface area contributed by atoms with Gasteiger partial charge in [-0.1, -0.05) is 51.1 Å². The first-order valence-corrected chi connectivity index (χ1v) is 10.5. The van der Waals surface area contributed by atoms with Crippen LogP contribution in [0.5, 0.6) is 0 Å². The first-order valence-electron chi connectivity index (χ1n) is 10.5. The molecule has 1 aromatic heterocycles. The summed E-state index contributed by atoms with van der Waals surface area (Å²) in [4.78, 5) is 20.1. The predicted molar refractivity (Wildman–Crippen MR) is 118 cm³/mol. The summed E-state index contributed by atoms with van der Waals surface area (Å²) in [5.41, 5.74) is 5.26. The van der Waals surface area contributed by atoms with Gasteiger partial charge in [-0.05, 0) is 42.5 Å². The van der Waals surface area contributed by atoms with E-state index in [-0.39, 0.29) is 19.2 Å². The van der Waals surface area contributed by atoms with Gasteiger partial charge in [-0.2, -0.15) is 0 Å². The molecule has 0 fully saturated rings. The van der Waals surface area contributed by atoms with Crippen molar-refractivity contribution in [1.82, 2.24) is 9.55 Å². The van der Waals surface area contributed by atoms with Gasteiger partial charge in [-0.25, -0.2) is 4.98 Å². The standard InChI is InChI=1S/C24H31N3O2/c1-5-11-22-25-20-14-8-9-15-21(20)26(22)16-23(28)27(17-29-4)24-18(6-2)12-10-13-19(24)7-3/h8-10,12-15H,5-7,11,16-17H2,1-4H3. The van der Waals surface area contributed by atoms with E-state index < -0.39 is 0 Å². The molecule has 0 spiro atoms. The Balaban J connectivity index is 2.03. The number of hydrogen-bond acceptors (Lipinski definition) is 3. The molecule has 2 aromatic carbocycles. The van der Waals surface area contributed by atoms with Gasteiger partial charge in [0.15, 0.2) is 0 Å². The summed E-state index contributed by atoms with van der Waals surface area (Å²) >= 11 is 0. The molecule has 0 radical (unpaired) electrons. The fourth-order valence-electron chi connectivity index (χ4n) is 3.89. The molecule has 0 bridgehead atoms. The lowest BCUT2D eigenvalue weighted by Gasteiger charge is -2.27. The third kappa shape index (κ3) is 4.35. The number of benzene rings is 2. The van der Waals surface area contributed by atoms with Crippen molar-refractivity contribution in [1.29, 1.82) is 0 Å². The number of aryl methyl sites for hydroxylation is 3. The molecule has 0 aliphatic carbocycles. The van der Waals surface area contributed by atoms with Crippen molar-refractivity contribution < 1.29 is 9.53 Å². The first-order chi connectivity index (χ1) is 14.1. The Hall–Kier alpha value is -2.66. The molecule has 1 heterocycles. The third-order valence-electron chi connectivity index (χ3n) is 5.29. The molecule has 5 heteroatoms. The van der Waals surface area contributed by atoms with E-state index in [0.717, 1.165) is 48.2 Å². The number of amides is 1. The molecule has 154 valence electrons. The van der Waals surface area contributed by atoms with Crippen molar-refractivity contribution >= 4 is 22.6 Å². The summed E-state index contributed by atoms with van der Waals surface area (Å²) in [6.07, 6.45) is 3.56. The maximum atomic E-state index is 13.5. The zero-order chi connectivity index (χ0) is 20.8. The number of carbonyl (C=O) groups excluding carboxylic acids is 1. The maximum absolute atomic E-state index is 13.5. The topological polar surface area (TPSA) is 47.4 Å². The molecule has 3 rings (SSSR count). The van der Waals surface area contributed by atoms with Gasteiger partial charge in [-0.3, -0.25) is 9.69 Å². The molecular weight excluding hydrogens is 362 g/mol. The monoisotopic (exact) mass is 393 g/mol. The van der Waals surface area contributed by atoms with Crippen LogP contribution in [-0.2, 0) is 35.3 Å². The van der Waals surface area contributed by atoms with Gasteiger partial charge in [0, 0.05) is 13.5 Å². The Kier molecular flexibility index (Phi) is 7.04. The highest BCUT2D eigenvalue weighted by Crippen LogP contribution is 2.28. The smallest absolute Gasteiger partial charge is 0.248 e. The van der Waals surface area contributed by atoms with Gasteiger partial charge >= 0.3 is 0 Å². The molecule has 0 saturated carbocycles. The second-order valence-corrected chi connectivity index (χ2v) is 7.22. The van der Waals surface area contributed by atoms with Gasteiger partial charge in [0.1, 0.15) is 19.1 Å². The molecule has 0 unspecified atom stereocenters. The number of hydrogen-bond donors (Lipinski definition) is 0. The normalized spacial score (nSPS) is 11.2. The highest BCUT2D eigenvalue weighted by Gasteiger charge is 2.23. The van der Waals surface area contributed by atoms with E-state index in [0.29, 0.717) is 0 Å². The summed E-state index contributed by atoms with van der Waals surface area (Å²) in [6.45, 7) is 6.86. The zero-order valence-electron chi connectivity index (χ0n) is 17.9. The number of nitrogens with zero attached hydrogens (tertiary/aromatic N) is 3. The fourth-order valence-corrected chi connectivity index (χ4v) is 3.89. The zero-order valence-corrected chi connectivity index (χ0v) is 17.9. The van der Waals surface area contributed by atoms with Crippen LogP contribution in [0.15, 0.2) is 42.5 Å². The second kappa shape index (κ2) is 9.70. The van der Waals surface area contributed by atoms with Crippen LogP contribution in [0, 0.1) is 0 Å². The minimum Gasteiger partial charge on any atom is -0.364 e. The largest absolute Gasteiger partial charge is 0.364 e. The van der Waals surface area contributed by atoms with E-state index in [4.69, 9.17) is 9.72 Å². The Morgan fingerprint density at radius 2 is 1.72 bits per heavy atom. The average Bonchev–Trinajstić information content (AvgIpc) is 3.08. The molecule has 1 amide bonds. The summed E-state index contributed by atoms with van der Waals surface area (Å²) in [7, 11) is 1.63. The van der Waals surface area contributed by atoms with Gasteiger partial charge in [-0.15, -0.1) is 0 Å². The van der Waals surface area contributed by atoms with Crippen LogP contribution in [0.2, 0.25) is 0 Å². The first kappa shape index (κ1) is 21.1. The number of para-hydroxylation sites is 3. The quantitative estimate of drug-likeness (QED) is 0.493. The number of anilines is 1. The molecule has 0 atom stereocenters. The fraction of sp³-hybridized carbons (Fsp3) is 0.417. The van der Waals surface area contributed by atoms with E-state index in [9.17, 15) is 4.79 Å². The minimum atomic E-state index is 0.0166. The van der Waals surface area contributed by atoms with Gasteiger partial charge in [0.25, 0.3) is 0 Å².